The van der Waals surface area contributed by atoms with E-state index in [-0.39, 0.29) is 6.54 Å². The van der Waals surface area contributed by atoms with Gasteiger partial charge in [0.25, 0.3) is 0 Å². The number of rotatable bonds is 6. The molecule has 0 bridgehead atoms. The van der Waals surface area contributed by atoms with E-state index in [0.29, 0.717) is 17.9 Å². The standard InChI is InChI=1S/C19H21N3O3/c1-3-25-17-7-5-4-6-16(17)13-21-22-19(24)18(23)20-12-15-10-8-14(2)9-11-15/h4-11,13H,3,12H2,1-2H3,(H,20,23)(H,22,24)/b21-13-. The van der Waals surface area contributed by atoms with Crippen molar-refractivity contribution in [1.29, 1.82) is 0 Å². The number of amides is 2. The summed E-state index contributed by atoms with van der Waals surface area (Å²) >= 11 is 0. The molecule has 2 rings (SSSR count). The molecule has 0 radical (unpaired) electrons. The molecule has 0 saturated heterocycles. The van der Waals surface area contributed by atoms with Gasteiger partial charge in [0.2, 0.25) is 0 Å². The van der Waals surface area contributed by atoms with Crippen LogP contribution in [0.25, 0.3) is 0 Å². The molecule has 130 valence electrons. The van der Waals surface area contributed by atoms with Gasteiger partial charge in [0.1, 0.15) is 5.75 Å². The van der Waals surface area contributed by atoms with Crippen LogP contribution in [0.1, 0.15) is 23.6 Å². The van der Waals surface area contributed by atoms with Gasteiger partial charge in [-0.3, -0.25) is 9.59 Å². The average molecular weight is 339 g/mol. The molecule has 2 aromatic rings. The summed E-state index contributed by atoms with van der Waals surface area (Å²) in [5.41, 5.74) is 4.97. The molecule has 0 fully saturated rings. The predicted molar refractivity (Wildman–Crippen MR) is 96.4 cm³/mol. The first kappa shape index (κ1) is 18.2. The van der Waals surface area contributed by atoms with Crippen molar-refractivity contribution in [2.75, 3.05) is 6.61 Å². The summed E-state index contributed by atoms with van der Waals surface area (Å²) in [4.78, 5) is 23.5. The highest BCUT2D eigenvalue weighted by atomic mass is 16.5. The van der Waals surface area contributed by atoms with Crippen LogP contribution < -0.4 is 15.5 Å². The number of hydrazone groups is 1. The molecule has 25 heavy (non-hydrogen) atoms. The van der Waals surface area contributed by atoms with Crippen LogP contribution in [-0.4, -0.2) is 24.6 Å². The van der Waals surface area contributed by atoms with E-state index in [9.17, 15) is 9.59 Å². The summed E-state index contributed by atoms with van der Waals surface area (Å²) in [5, 5.41) is 6.36. The third kappa shape index (κ3) is 5.76. The first-order valence-electron chi connectivity index (χ1n) is 7.98. The van der Waals surface area contributed by atoms with Crippen LogP contribution in [0, 0.1) is 6.92 Å². The summed E-state index contributed by atoms with van der Waals surface area (Å²) in [6.07, 6.45) is 1.44. The fourth-order valence-corrected chi connectivity index (χ4v) is 2.05. The third-order valence-corrected chi connectivity index (χ3v) is 3.37. The number of nitrogens with one attached hydrogen (secondary N) is 2. The Hall–Kier alpha value is -3.15. The van der Waals surface area contributed by atoms with Gasteiger partial charge in [-0.1, -0.05) is 42.0 Å². The van der Waals surface area contributed by atoms with E-state index in [1.165, 1.54) is 6.21 Å². The van der Waals surface area contributed by atoms with E-state index in [1.54, 1.807) is 12.1 Å². The molecular weight excluding hydrogens is 318 g/mol. The lowest BCUT2D eigenvalue weighted by atomic mass is 10.1. The van der Waals surface area contributed by atoms with Crippen LogP contribution in [0.4, 0.5) is 0 Å². The molecule has 2 aromatic carbocycles. The maximum absolute atomic E-state index is 11.8. The molecule has 6 nitrogen and oxygen atoms in total. The van der Waals surface area contributed by atoms with Crippen molar-refractivity contribution in [3.8, 4) is 5.75 Å². The van der Waals surface area contributed by atoms with Crippen LogP contribution in [0.5, 0.6) is 5.75 Å². The maximum atomic E-state index is 11.8. The van der Waals surface area contributed by atoms with Gasteiger partial charge in [-0.2, -0.15) is 5.10 Å². The normalized spacial score (nSPS) is 10.5. The Morgan fingerprint density at radius 3 is 2.52 bits per heavy atom. The second-order valence-corrected chi connectivity index (χ2v) is 5.34. The predicted octanol–water partition coefficient (Wildman–Crippen LogP) is 2.16. The van der Waals surface area contributed by atoms with Crippen molar-refractivity contribution < 1.29 is 14.3 Å². The number of para-hydroxylation sites is 1. The van der Waals surface area contributed by atoms with Gasteiger partial charge in [0.05, 0.1) is 12.8 Å². The molecule has 0 heterocycles. The van der Waals surface area contributed by atoms with Gasteiger partial charge < -0.3 is 10.1 Å². The average Bonchev–Trinajstić information content (AvgIpc) is 2.62. The fraction of sp³-hybridized carbons (Fsp3) is 0.211. The molecule has 0 saturated carbocycles. The van der Waals surface area contributed by atoms with E-state index in [4.69, 9.17) is 4.74 Å². The van der Waals surface area contributed by atoms with E-state index in [1.807, 2.05) is 50.2 Å². The maximum Gasteiger partial charge on any atom is 0.329 e. The lowest BCUT2D eigenvalue weighted by molar-refractivity contribution is -0.139. The molecule has 0 aliphatic heterocycles. The van der Waals surface area contributed by atoms with Crippen LogP contribution in [-0.2, 0) is 16.1 Å². The number of hydrogen-bond acceptors (Lipinski definition) is 4. The van der Waals surface area contributed by atoms with Gasteiger partial charge in [-0.05, 0) is 31.5 Å². The SMILES string of the molecule is CCOc1ccccc1/C=N\NC(=O)C(=O)NCc1ccc(C)cc1. The molecule has 2 amide bonds. The number of aryl methyl sites for hydroxylation is 1. The molecule has 0 unspecified atom stereocenters. The number of carbonyl (C=O) groups is 2. The van der Waals surface area contributed by atoms with Crippen molar-refractivity contribution in [2.45, 2.75) is 20.4 Å². The minimum atomic E-state index is -0.822. The summed E-state index contributed by atoms with van der Waals surface area (Å²) < 4.78 is 5.45. The van der Waals surface area contributed by atoms with Gasteiger partial charge >= 0.3 is 11.8 Å². The van der Waals surface area contributed by atoms with Crippen LogP contribution >= 0.6 is 0 Å². The van der Waals surface area contributed by atoms with E-state index >= 15 is 0 Å². The Morgan fingerprint density at radius 2 is 1.80 bits per heavy atom. The van der Waals surface area contributed by atoms with Crippen molar-refractivity contribution in [3.63, 3.8) is 0 Å². The molecule has 0 atom stereocenters. The lowest BCUT2D eigenvalue weighted by Gasteiger charge is -2.06. The summed E-state index contributed by atoms with van der Waals surface area (Å²) in [5.74, 6) is -0.903. The Labute approximate surface area is 146 Å². The first-order valence-corrected chi connectivity index (χ1v) is 7.98. The molecule has 2 N–H and O–H groups in total. The third-order valence-electron chi connectivity index (χ3n) is 3.37. The van der Waals surface area contributed by atoms with Crippen LogP contribution in [0.3, 0.4) is 0 Å². The second kappa shape index (κ2) is 9.22. The Bertz CT molecular complexity index is 755. The summed E-state index contributed by atoms with van der Waals surface area (Å²) in [6, 6.07) is 15.0. The van der Waals surface area contributed by atoms with E-state index < -0.39 is 11.8 Å². The smallest absolute Gasteiger partial charge is 0.329 e. The number of nitrogens with zero attached hydrogens (tertiary/aromatic N) is 1. The zero-order valence-corrected chi connectivity index (χ0v) is 14.3. The second-order valence-electron chi connectivity index (χ2n) is 5.34. The number of ether oxygens (including phenoxy) is 1. The Balaban J connectivity index is 1.85. The zero-order valence-electron chi connectivity index (χ0n) is 14.3. The highest BCUT2D eigenvalue weighted by Crippen LogP contribution is 2.15. The first-order chi connectivity index (χ1) is 12.1. The minimum absolute atomic E-state index is 0.281. The van der Waals surface area contributed by atoms with Crippen LogP contribution in [0.15, 0.2) is 53.6 Å². The molecular formula is C19H21N3O3. The Morgan fingerprint density at radius 1 is 1.08 bits per heavy atom. The number of hydrogen-bond donors (Lipinski definition) is 2. The van der Waals surface area contributed by atoms with Crippen molar-refractivity contribution in [2.24, 2.45) is 5.10 Å². The lowest BCUT2D eigenvalue weighted by Crippen LogP contribution is -2.37. The van der Waals surface area contributed by atoms with Gasteiger partial charge in [0.15, 0.2) is 0 Å². The van der Waals surface area contributed by atoms with Crippen molar-refractivity contribution >= 4 is 18.0 Å². The van der Waals surface area contributed by atoms with Crippen molar-refractivity contribution in [1.82, 2.24) is 10.7 Å². The number of carbonyl (C=O) groups excluding carboxylic acids is 2. The Kier molecular flexibility index (Phi) is 6.71. The quantitative estimate of drug-likeness (QED) is 0.481. The molecule has 6 heteroatoms. The largest absolute Gasteiger partial charge is 0.493 e. The van der Waals surface area contributed by atoms with Crippen LogP contribution in [0.2, 0.25) is 0 Å². The fourth-order valence-electron chi connectivity index (χ4n) is 2.05. The van der Waals surface area contributed by atoms with Crippen molar-refractivity contribution in [3.05, 3.63) is 65.2 Å². The zero-order chi connectivity index (χ0) is 18.1. The molecule has 0 aliphatic carbocycles. The summed E-state index contributed by atoms with van der Waals surface area (Å²) in [6.45, 7) is 4.67. The highest BCUT2D eigenvalue weighted by Gasteiger charge is 2.11. The van der Waals surface area contributed by atoms with Gasteiger partial charge in [-0.15, -0.1) is 0 Å². The number of benzene rings is 2. The highest BCUT2D eigenvalue weighted by molar-refractivity contribution is 6.35. The molecule has 0 spiro atoms. The van der Waals surface area contributed by atoms with Gasteiger partial charge in [-0.25, -0.2) is 5.43 Å². The molecule has 0 aromatic heterocycles. The monoisotopic (exact) mass is 339 g/mol. The van der Waals surface area contributed by atoms with E-state index in [0.717, 1.165) is 11.1 Å². The van der Waals surface area contributed by atoms with E-state index in [2.05, 4.69) is 15.8 Å². The minimum Gasteiger partial charge on any atom is -0.493 e. The topological polar surface area (TPSA) is 79.8 Å². The summed E-state index contributed by atoms with van der Waals surface area (Å²) in [7, 11) is 0. The molecule has 0 aliphatic rings. The van der Waals surface area contributed by atoms with Gasteiger partial charge in [0, 0.05) is 12.1 Å².